The molecule has 1 atom stereocenters. The second-order valence-electron chi connectivity index (χ2n) is 3.32. The first-order valence-corrected chi connectivity index (χ1v) is 5.10. The van der Waals surface area contributed by atoms with Gasteiger partial charge in [-0.1, -0.05) is 29.8 Å². The van der Waals surface area contributed by atoms with Gasteiger partial charge in [-0.15, -0.1) is 0 Å². The molecule has 0 fully saturated rings. The van der Waals surface area contributed by atoms with Crippen LogP contribution < -0.4 is 0 Å². The number of halogens is 2. The molecule has 1 N–H and O–H groups in total. The molecule has 1 aromatic heterocycles. The maximum absolute atomic E-state index is 13.4. The van der Waals surface area contributed by atoms with Crippen molar-refractivity contribution in [3.63, 3.8) is 0 Å². The summed E-state index contributed by atoms with van der Waals surface area (Å²) in [6, 6.07) is 7.63. The first kappa shape index (κ1) is 11.0. The second kappa shape index (κ2) is 4.60. The highest BCUT2D eigenvalue weighted by atomic mass is 35.5. The monoisotopic (exact) mass is 237 g/mol. The van der Waals surface area contributed by atoms with Crippen molar-refractivity contribution < 1.29 is 9.50 Å². The maximum Gasteiger partial charge on any atom is 0.129 e. The highest BCUT2D eigenvalue weighted by Crippen LogP contribution is 2.28. The number of benzene rings is 1. The van der Waals surface area contributed by atoms with Crippen LogP contribution in [0.1, 0.15) is 17.2 Å². The molecule has 0 aliphatic carbocycles. The molecule has 1 heterocycles. The van der Waals surface area contributed by atoms with E-state index in [9.17, 15) is 9.50 Å². The van der Waals surface area contributed by atoms with Gasteiger partial charge in [0.1, 0.15) is 11.9 Å². The van der Waals surface area contributed by atoms with Gasteiger partial charge in [0.05, 0.1) is 5.02 Å². The average Bonchev–Trinajstić information content (AvgIpc) is 2.29. The number of aromatic nitrogens is 1. The van der Waals surface area contributed by atoms with Crippen LogP contribution in [0.15, 0.2) is 42.7 Å². The summed E-state index contributed by atoms with van der Waals surface area (Å²) in [7, 11) is 0. The van der Waals surface area contributed by atoms with Crippen molar-refractivity contribution in [2.45, 2.75) is 6.10 Å². The molecule has 0 amide bonds. The van der Waals surface area contributed by atoms with E-state index >= 15 is 0 Å². The first-order chi connectivity index (χ1) is 7.70. The smallest absolute Gasteiger partial charge is 0.129 e. The summed E-state index contributed by atoms with van der Waals surface area (Å²) in [4.78, 5) is 3.81. The van der Waals surface area contributed by atoms with Gasteiger partial charge in [-0.05, 0) is 12.1 Å². The quantitative estimate of drug-likeness (QED) is 0.871. The Morgan fingerprint density at radius 3 is 2.62 bits per heavy atom. The Morgan fingerprint density at radius 2 is 1.94 bits per heavy atom. The van der Waals surface area contributed by atoms with Gasteiger partial charge in [-0.2, -0.15) is 0 Å². The van der Waals surface area contributed by atoms with Crippen LogP contribution in [0.4, 0.5) is 4.39 Å². The summed E-state index contributed by atoms with van der Waals surface area (Å²) >= 11 is 5.88. The fourth-order valence-electron chi connectivity index (χ4n) is 1.47. The zero-order valence-corrected chi connectivity index (χ0v) is 9.03. The van der Waals surface area contributed by atoms with E-state index in [0.717, 1.165) is 0 Å². The highest BCUT2D eigenvalue weighted by molar-refractivity contribution is 6.31. The summed E-state index contributed by atoms with van der Waals surface area (Å²) in [5.74, 6) is -0.456. The maximum atomic E-state index is 13.4. The summed E-state index contributed by atoms with van der Waals surface area (Å²) in [6.07, 6.45) is 1.85. The van der Waals surface area contributed by atoms with Crippen LogP contribution >= 0.6 is 11.6 Å². The van der Waals surface area contributed by atoms with Gasteiger partial charge in [0, 0.05) is 23.5 Å². The molecular formula is C12H9ClFNO. The zero-order chi connectivity index (χ0) is 11.5. The molecule has 2 nitrogen and oxygen atoms in total. The van der Waals surface area contributed by atoms with Crippen LogP contribution in [0.5, 0.6) is 0 Å². The Kier molecular flexibility index (Phi) is 3.17. The van der Waals surface area contributed by atoms with E-state index < -0.39 is 11.9 Å². The van der Waals surface area contributed by atoms with E-state index in [2.05, 4.69) is 4.98 Å². The highest BCUT2D eigenvalue weighted by Gasteiger charge is 2.16. The molecule has 2 aromatic rings. The summed E-state index contributed by atoms with van der Waals surface area (Å²) < 4.78 is 13.4. The van der Waals surface area contributed by atoms with Crippen molar-refractivity contribution in [3.8, 4) is 0 Å². The van der Waals surface area contributed by atoms with Crippen LogP contribution in [0.25, 0.3) is 0 Å². The second-order valence-corrected chi connectivity index (χ2v) is 3.73. The van der Waals surface area contributed by atoms with Crippen LogP contribution in [0.3, 0.4) is 0 Å². The molecule has 2 rings (SSSR count). The summed E-state index contributed by atoms with van der Waals surface area (Å²) in [5.41, 5.74) is 0.650. The minimum atomic E-state index is -1.07. The van der Waals surface area contributed by atoms with Crippen LogP contribution in [0, 0.1) is 5.82 Å². The summed E-state index contributed by atoms with van der Waals surface area (Å²) in [5, 5.41) is 10.3. The Balaban J connectivity index is 2.44. The van der Waals surface area contributed by atoms with Crippen molar-refractivity contribution in [1.29, 1.82) is 0 Å². The van der Waals surface area contributed by atoms with E-state index in [0.29, 0.717) is 10.6 Å². The number of hydrogen-bond donors (Lipinski definition) is 1. The average molecular weight is 238 g/mol. The third-order valence-corrected chi connectivity index (χ3v) is 2.61. The fourth-order valence-corrected chi connectivity index (χ4v) is 1.69. The molecule has 0 bridgehead atoms. The van der Waals surface area contributed by atoms with Gasteiger partial charge in [0.2, 0.25) is 0 Å². The molecule has 82 valence electrons. The SMILES string of the molecule is OC(c1ccccc1F)c1ccncc1Cl. The zero-order valence-electron chi connectivity index (χ0n) is 8.27. The molecule has 1 aromatic carbocycles. The van der Waals surface area contributed by atoms with Crippen LogP contribution in [-0.4, -0.2) is 10.1 Å². The molecular weight excluding hydrogens is 229 g/mol. The first-order valence-electron chi connectivity index (χ1n) is 4.72. The van der Waals surface area contributed by atoms with E-state index in [1.165, 1.54) is 24.5 Å². The van der Waals surface area contributed by atoms with Crippen LogP contribution in [-0.2, 0) is 0 Å². The molecule has 0 aliphatic heterocycles. The number of nitrogens with zero attached hydrogens (tertiary/aromatic N) is 1. The number of pyridine rings is 1. The minimum Gasteiger partial charge on any atom is -0.383 e. The molecule has 0 aliphatic rings. The van der Waals surface area contributed by atoms with Gasteiger partial charge in [-0.3, -0.25) is 4.98 Å². The van der Waals surface area contributed by atoms with Crippen molar-refractivity contribution >= 4 is 11.6 Å². The van der Waals surface area contributed by atoms with E-state index in [1.807, 2.05) is 0 Å². The lowest BCUT2D eigenvalue weighted by atomic mass is 10.0. The molecule has 4 heteroatoms. The molecule has 0 saturated heterocycles. The lowest BCUT2D eigenvalue weighted by molar-refractivity contribution is 0.215. The van der Waals surface area contributed by atoms with Gasteiger partial charge in [0.15, 0.2) is 0 Å². The number of rotatable bonds is 2. The minimum absolute atomic E-state index is 0.204. The summed E-state index contributed by atoms with van der Waals surface area (Å²) in [6.45, 7) is 0. The Morgan fingerprint density at radius 1 is 1.19 bits per heavy atom. The van der Waals surface area contributed by atoms with Gasteiger partial charge in [-0.25, -0.2) is 4.39 Å². The third kappa shape index (κ3) is 2.05. The lowest BCUT2D eigenvalue weighted by Crippen LogP contribution is -2.03. The van der Waals surface area contributed by atoms with Crippen molar-refractivity contribution in [2.24, 2.45) is 0 Å². The normalized spacial score (nSPS) is 12.4. The molecule has 0 saturated carbocycles. The lowest BCUT2D eigenvalue weighted by Gasteiger charge is -2.13. The standard InChI is InChI=1S/C12H9ClFNO/c13-10-7-15-6-5-8(10)12(16)9-3-1-2-4-11(9)14/h1-7,12,16H. The van der Waals surface area contributed by atoms with Gasteiger partial charge >= 0.3 is 0 Å². The predicted molar refractivity (Wildman–Crippen MR) is 59.7 cm³/mol. The Labute approximate surface area is 97.3 Å². The van der Waals surface area contributed by atoms with Gasteiger partial charge < -0.3 is 5.11 Å². The molecule has 0 spiro atoms. The topological polar surface area (TPSA) is 33.1 Å². The van der Waals surface area contributed by atoms with Gasteiger partial charge in [0.25, 0.3) is 0 Å². The largest absolute Gasteiger partial charge is 0.383 e. The van der Waals surface area contributed by atoms with E-state index in [-0.39, 0.29) is 5.56 Å². The predicted octanol–water partition coefficient (Wildman–Crippen LogP) is 2.96. The van der Waals surface area contributed by atoms with E-state index in [1.54, 1.807) is 18.2 Å². The number of aliphatic hydroxyl groups excluding tert-OH is 1. The molecule has 0 radical (unpaired) electrons. The number of hydrogen-bond acceptors (Lipinski definition) is 2. The fraction of sp³-hybridized carbons (Fsp3) is 0.0833. The van der Waals surface area contributed by atoms with Crippen molar-refractivity contribution in [3.05, 3.63) is 64.7 Å². The Bertz CT molecular complexity index is 458. The van der Waals surface area contributed by atoms with Crippen molar-refractivity contribution in [1.82, 2.24) is 4.98 Å². The molecule has 1 unspecified atom stereocenters. The Hall–Kier alpha value is -1.45. The van der Waals surface area contributed by atoms with Crippen LogP contribution in [0.2, 0.25) is 5.02 Å². The molecule has 16 heavy (non-hydrogen) atoms. The number of aliphatic hydroxyl groups is 1. The third-order valence-electron chi connectivity index (χ3n) is 2.30. The van der Waals surface area contributed by atoms with E-state index in [4.69, 9.17) is 11.6 Å². The van der Waals surface area contributed by atoms with Crippen molar-refractivity contribution in [2.75, 3.05) is 0 Å².